The molecular formula is C49H84O17P2. The monoisotopic (exact) mass is 1010 g/mol. The number of phosphoric acid groups is 2. The van der Waals surface area contributed by atoms with E-state index in [1.807, 2.05) is 12.2 Å². The third kappa shape index (κ3) is 33.1. The molecule has 1 aliphatic rings. The highest BCUT2D eigenvalue weighted by Crippen LogP contribution is 2.49. The standard InChI is InChI=1S/C49H84O17P2/c1-3-5-7-9-11-13-15-17-18-19-20-22-24-26-28-30-32-36-42(51)62-38-41(39-63-68(60,61)66-49-46(55)44(53)45(54)48(47(49)56)65-67(57,58)59)64-43(52)37-33-35-40(50)34-31-29-27-25-23-21-16-14-12-10-8-6-4-2/h11-14,17-18,21,23,27,29,31,34,40-41,44-50,53-56H,3-10,15-16,19-20,22,24-26,28,30,32-33,35-39H2,1-2H3,(H,60,61)(H2,57,58,59)/b13-11-,14-12-,18-17-,23-21-,29-27-,34-31+/t40-,41+,44?,45?,46?,47?,48+,49-/m0/s1. The van der Waals surface area contributed by atoms with Gasteiger partial charge in [0.15, 0.2) is 6.10 Å². The minimum atomic E-state index is -5.39. The lowest BCUT2D eigenvalue weighted by molar-refractivity contribution is -0.216. The summed E-state index contributed by atoms with van der Waals surface area (Å²) < 4.78 is 49.3. The van der Waals surface area contributed by atoms with Crippen LogP contribution < -0.4 is 0 Å². The summed E-state index contributed by atoms with van der Waals surface area (Å²) in [6.45, 7) is 2.89. The van der Waals surface area contributed by atoms with Crippen molar-refractivity contribution in [1.29, 1.82) is 0 Å². The Labute approximate surface area is 404 Å². The molecule has 0 radical (unpaired) electrons. The first kappa shape index (κ1) is 63.4. The summed E-state index contributed by atoms with van der Waals surface area (Å²) in [7, 11) is -10.8. The Hall–Kier alpha value is -2.60. The van der Waals surface area contributed by atoms with Crippen LogP contribution in [-0.2, 0) is 41.8 Å². The number of esters is 2. The summed E-state index contributed by atoms with van der Waals surface area (Å²) in [4.78, 5) is 54.4. The summed E-state index contributed by atoms with van der Waals surface area (Å²) in [6, 6.07) is 0. The number of hydrogen-bond acceptors (Lipinski definition) is 14. The molecule has 17 nitrogen and oxygen atoms in total. The van der Waals surface area contributed by atoms with Crippen LogP contribution in [0.5, 0.6) is 0 Å². The van der Waals surface area contributed by atoms with Gasteiger partial charge in [-0.05, 0) is 77.0 Å². The van der Waals surface area contributed by atoms with Crippen LogP contribution >= 0.6 is 15.6 Å². The van der Waals surface area contributed by atoms with E-state index in [4.69, 9.17) is 18.5 Å². The number of rotatable bonds is 40. The average Bonchev–Trinajstić information content (AvgIpc) is 3.29. The highest BCUT2D eigenvalue weighted by molar-refractivity contribution is 7.47. The Bertz CT molecular complexity index is 1610. The van der Waals surface area contributed by atoms with Crippen molar-refractivity contribution in [2.75, 3.05) is 13.2 Å². The molecule has 0 spiro atoms. The fraction of sp³-hybridized carbons (Fsp3) is 0.714. The molecule has 0 aromatic heterocycles. The van der Waals surface area contributed by atoms with E-state index >= 15 is 0 Å². The molecule has 5 unspecified atom stereocenters. The summed E-state index contributed by atoms with van der Waals surface area (Å²) in [5.41, 5.74) is 0. The molecule has 8 N–H and O–H groups in total. The molecule has 0 bridgehead atoms. The Balaban J connectivity index is 2.67. The van der Waals surface area contributed by atoms with E-state index in [-0.39, 0.29) is 25.7 Å². The van der Waals surface area contributed by atoms with Crippen LogP contribution in [0.2, 0.25) is 0 Å². The molecule has 1 saturated carbocycles. The minimum Gasteiger partial charge on any atom is -0.462 e. The quantitative estimate of drug-likeness (QED) is 0.00938. The van der Waals surface area contributed by atoms with E-state index in [9.17, 15) is 58.9 Å². The van der Waals surface area contributed by atoms with Crippen LogP contribution in [0.1, 0.15) is 162 Å². The van der Waals surface area contributed by atoms with Crippen molar-refractivity contribution in [2.45, 2.75) is 210 Å². The molecule has 0 aliphatic heterocycles. The van der Waals surface area contributed by atoms with Crippen molar-refractivity contribution < 1.29 is 82.0 Å². The first-order valence-electron chi connectivity index (χ1n) is 24.6. The van der Waals surface area contributed by atoms with Gasteiger partial charge in [0, 0.05) is 12.8 Å². The van der Waals surface area contributed by atoms with E-state index in [1.165, 1.54) is 38.5 Å². The second kappa shape index (κ2) is 39.1. The zero-order chi connectivity index (χ0) is 50.5. The van der Waals surface area contributed by atoms with Crippen molar-refractivity contribution in [1.82, 2.24) is 0 Å². The lowest BCUT2D eigenvalue weighted by atomic mass is 9.85. The molecule has 392 valence electrons. The number of hydrogen-bond donors (Lipinski definition) is 8. The predicted octanol–water partition coefficient (Wildman–Crippen LogP) is 8.59. The van der Waals surface area contributed by atoms with E-state index in [0.29, 0.717) is 6.42 Å². The second-order valence-corrected chi connectivity index (χ2v) is 19.6. The molecule has 1 rings (SSSR count). The van der Waals surface area contributed by atoms with E-state index in [2.05, 4.69) is 67.0 Å². The van der Waals surface area contributed by atoms with E-state index in [0.717, 1.165) is 77.0 Å². The number of carbonyl (C=O) groups is 2. The average molecular weight is 1010 g/mol. The Morgan fingerprint density at radius 1 is 0.544 bits per heavy atom. The van der Waals surface area contributed by atoms with E-state index in [1.54, 1.807) is 12.2 Å². The molecular weight excluding hydrogens is 922 g/mol. The fourth-order valence-corrected chi connectivity index (χ4v) is 8.52. The first-order chi connectivity index (χ1) is 32.5. The topological polar surface area (TPSA) is 276 Å². The number of aliphatic hydroxyl groups excluding tert-OH is 5. The van der Waals surface area contributed by atoms with Gasteiger partial charge < -0.3 is 49.7 Å². The van der Waals surface area contributed by atoms with Crippen LogP contribution in [0.3, 0.4) is 0 Å². The molecule has 0 heterocycles. The Morgan fingerprint density at radius 2 is 1.03 bits per heavy atom. The molecule has 1 aliphatic carbocycles. The number of unbranched alkanes of at least 4 members (excludes halogenated alkanes) is 13. The van der Waals surface area contributed by atoms with Gasteiger partial charge in [-0.2, -0.15) is 0 Å². The maximum Gasteiger partial charge on any atom is 0.472 e. The summed E-state index contributed by atoms with van der Waals surface area (Å²) in [5.74, 6) is -1.42. The molecule has 9 atom stereocenters. The molecule has 0 aromatic rings. The number of ether oxygens (including phenoxy) is 2. The van der Waals surface area contributed by atoms with Crippen LogP contribution in [0.4, 0.5) is 0 Å². The lowest BCUT2D eigenvalue weighted by Crippen LogP contribution is -2.64. The number of phosphoric ester groups is 2. The molecule has 0 aromatic carbocycles. The zero-order valence-electron chi connectivity index (χ0n) is 40.4. The third-order valence-corrected chi connectivity index (χ3v) is 12.4. The van der Waals surface area contributed by atoms with Crippen LogP contribution in [0, 0.1) is 0 Å². The Kier molecular flexibility index (Phi) is 36.4. The fourth-order valence-electron chi connectivity index (χ4n) is 6.98. The maximum absolute atomic E-state index is 13.0. The lowest BCUT2D eigenvalue weighted by Gasteiger charge is -2.43. The van der Waals surface area contributed by atoms with Crippen molar-refractivity contribution in [2.24, 2.45) is 0 Å². The van der Waals surface area contributed by atoms with Crippen molar-refractivity contribution in [3.05, 3.63) is 72.9 Å². The highest BCUT2D eigenvalue weighted by Gasteiger charge is 2.54. The van der Waals surface area contributed by atoms with Gasteiger partial charge in [-0.1, -0.05) is 145 Å². The summed E-state index contributed by atoms with van der Waals surface area (Å²) in [6.07, 6.45) is 28.7. The van der Waals surface area contributed by atoms with Gasteiger partial charge in [0.25, 0.3) is 0 Å². The van der Waals surface area contributed by atoms with Crippen molar-refractivity contribution >= 4 is 27.6 Å². The molecule has 19 heteroatoms. The van der Waals surface area contributed by atoms with Crippen molar-refractivity contribution in [3.8, 4) is 0 Å². The van der Waals surface area contributed by atoms with Crippen LogP contribution in [0.25, 0.3) is 0 Å². The molecule has 0 saturated heterocycles. The van der Waals surface area contributed by atoms with Gasteiger partial charge in [0.2, 0.25) is 0 Å². The zero-order valence-corrected chi connectivity index (χ0v) is 42.2. The number of carbonyl (C=O) groups excluding carboxylic acids is 2. The SMILES string of the molecule is CCCCC/C=C\C/C=C\C/C=C\C=C\[C@H](O)CCCC(=O)O[C@H](COC(=O)CCCCCCCCC/C=C\C/C=C\CCCCC)COP(=O)(O)O[C@H]1C(O)C(O)C(O)[C@@H](OP(=O)(O)O)C1O. The highest BCUT2D eigenvalue weighted by atomic mass is 31.2. The molecule has 1 fully saturated rings. The largest absolute Gasteiger partial charge is 0.472 e. The van der Waals surface area contributed by atoms with Gasteiger partial charge in [-0.15, -0.1) is 0 Å². The predicted molar refractivity (Wildman–Crippen MR) is 261 cm³/mol. The smallest absolute Gasteiger partial charge is 0.462 e. The third-order valence-electron chi connectivity index (χ3n) is 10.9. The van der Waals surface area contributed by atoms with E-state index < -0.39 is 89.6 Å². The molecule has 68 heavy (non-hydrogen) atoms. The van der Waals surface area contributed by atoms with Crippen LogP contribution in [-0.4, -0.2) is 114 Å². The van der Waals surface area contributed by atoms with Crippen molar-refractivity contribution in [3.63, 3.8) is 0 Å². The van der Waals surface area contributed by atoms with Gasteiger partial charge in [-0.25, -0.2) is 9.13 Å². The minimum absolute atomic E-state index is 0.0681. The summed E-state index contributed by atoms with van der Waals surface area (Å²) in [5, 5.41) is 51.6. The van der Waals surface area contributed by atoms with Gasteiger partial charge in [0.1, 0.15) is 43.2 Å². The first-order valence-corrected chi connectivity index (χ1v) is 27.6. The van der Waals surface area contributed by atoms with Gasteiger partial charge in [0.05, 0.1) is 12.7 Å². The number of aliphatic hydroxyl groups is 5. The maximum atomic E-state index is 13.0. The van der Waals surface area contributed by atoms with Crippen LogP contribution in [0.15, 0.2) is 72.9 Å². The summed E-state index contributed by atoms with van der Waals surface area (Å²) >= 11 is 0. The number of allylic oxidation sites excluding steroid dienone is 11. The normalized spacial score (nSPS) is 22.3. The second-order valence-electron chi connectivity index (χ2n) is 17.0. The van der Waals surface area contributed by atoms with Gasteiger partial charge in [-0.3, -0.25) is 23.2 Å². The molecule has 0 amide bonds. The Morgan fingerprint density at radius 3 is 1.59 bits per heavy atom. The van der Waals surface area contributed by atoms with Gasteiger partial charge >= 0.3 is 27.6 Å².